The highest BCUT2D eigenvalue weighted by molar-refractivity contribution is 9.10. The van der Waals surface area contributed by atoms with Gasteiger partial charge in [-0.25, -0.2) is 4.79 Å². The van der Waals surface area contributed by atoms with Gasteiger partial charge in [0.1, 0.15) is 5.60 Å². The van der Waals surface area contributed by atoms with E-state index in [0.29, 0.717) is 17.5 Å². The highest BCUT2D eigenvalue weighted by Gasteiger charge is 2.41. The Morgan fingerprint density at radius 2 is 2.00 bits per heavy atom. The van der Waals surface area contributed by atoms with E-state index >= 15 is 0 Å². The minimum absolute atomic E-state index is 0.150. The van der Waals surface area contributed by atoms with Crippen LogP contribution in [0, 0.1) is 5.92 Å². The molecule has 4 nitrogen and oxygen atoms in total. The maximum absolute atomic E-state index is 11.9. The van der Waals surface area contributed by atoms with Crippen LogP contribution in [0.1, 0.15) is 46.1 Å². The number of hydrogen-bond acceptors (Lipinski definition) is 3. The molecule has 1 saturated carbocycles. The number of alkyl carbamates (subject to hydrolysis) is 1. The lowest BCUT2D eigenvalue weighted by Gasteiger charge is -2.32. The van der Waals surface area contributed by atoms with Crippen molar-refractivity contribution in [2.24, 2.45) is 5.92 Å². The Balaban J connectivity index is 1.92. The van der Waals surface area contributed by atoms with E-state index in [1.165, 1.54) is 12.8 Å². The van der Waals surface area contributed by atoms with Gasteiger partial charge in [-0.1, -0.05) is 17.7 Å². The summed E-state index contributed by atoms with van der Waals surface area (Å²) >= 11 is 9.49. The van der Waals surface area contributed by atoms with Crippen molar-refractivity contribution in [3.8, 4) is 0 Å². The number of carbonyl (C=O) groups excluding carboxylic acids is 1. The SMILES string of the molecule is CC(C)(C)OC(=O)NCC(C)(NCc1ccc(Cl)c(Br)c1)C1CC1. The van der Waals surface area contributed by atoms with Crippen molar-refractivity contribution in [1.29, 1.82) is 0 Å². The third-order valence-corrected chi connectivity index (χ3v) is 5.37. The smallest absolute Gasteiger partial charge is 0.407 e. The van der Waals surface area contributed by atoms with Gasteiger partial charge in [0, 0.05) is 23.1 Å². The predicted octanol–water partition coefficient (Wildman–Crippen LogP) is 4.89. The van der Waals surface area contributed by atoms with E-state index in [0.717, 1.165) is 16.6 Å². The average molecular weight is 418 g/mol. The van der Waals surface area contributed by atoms with Crippen molar-refractivity contribution < 1.29 is 9.53 Å². The van der Waals surface area contributed by atoms with Crippen LogP contribution in [0.2, 0.25) is 5.02 Å². The summed E-state index contributed by atoms with van der Waals surface area (Å²) in [4.78, 5) is 11.9. The summed E-state index contributed by atoms with van der Waals surface area (Å²) in [6.45, 7) is 9.02. The molecule has 0 bridgehead atoms. The molecule has 2 rings (SSSR count). The van der Waals surface area contributed by atoms with Crippen LogP contribution in [-0.4, -0.2) is 23.8 Å². The lowest BCUT2D eigenvalue weighted by atomic mass is 9.95. The number of ether oxygens (including phenoxy) is 1. The molecule has 0 saturated heterocycles. The summed E-state index contributed by atoms with van der Waals surface area (Å²) in [5.41, 5.74) is 0.516. The molecule has 6 heteroatoms. The number of amides is 1. The van der Waals surface area contributed by atoms with Crippen molar-refractivity contribution in [3.63, 3.8) is 0 Å². The molecule has 1 fully saturated rings. The Kier molecular flexibility index (Phi) is 6.21. The Hall–Kier alpha value is -0.780. The topological polar surface area (TPSA) is 50.4 Å². The third kappa shape index (κ3) is 5.94. The molecule has 0 radical (unpaired) electrons. The van der Waals surface area contributed by atoms with E-state index in [1.54, 1.807) is 0 Å². The molecule has 1 atom stereocenters. The standard InChI is InChI=1S/C18H26BrClN2O2/c1-17(2,3)24-16(23)21-11-18(4,13-6-7-13)22-10-12-5-8-15(20)14(19)9-12/h5,8-9,13,22H,6-7,10-11H2,1-4H3,(H,21,23). The fraction of sp³-hybridized carbons (Fsp3) is 0.611. The fourth-order valence-electron chi connectivity index (χ4n) is 2.60. The Morgan fingerprint density at radius 3 is 2.54 bits per heavy atom. The summed E-state index contributed by atoms with van der Waals surface area (Å²) in [7, 11) is 0. The van der Waals surface area contributed by atoms with Crippen molar-refractivity contribution in [1.82, 2.24) is 10.6 Å². The van der Waals surface area contributed by atoms with E-state index in [1.807, 2.05) is 39.0 Å². The number of nitrogens with one attached hydrogen (secondary N) is 2. The minimum Gasteiger partial charge on any atom is -0.444 e. The predicted molar refractivity (Wildman–Crippen MR) is 101 cm³/mol. The molecule has 24 heavy (non-hydrogen) atoms. The number of benzene rings is 1. The van der Waals surface area contributed by atoms with Gasteiger partial charge < -0.3 is 15.4 Å². The molecule has 134 valence electrons. The Morgan fingerprint density at radius 1 is 1.33 bits per heavy atom. The number of hydrogen-bond donors (Lipinski definition) is 2. The summed E-state index contributed by atoms with van der Waals surface area (Å²) in [5, 5.41) is 7.21. The molecule has 0 aromatic heterocycles. The lowest BCUT2D eigenvalue weighted by molar-refractivity contribution is 0.0507. The Bertz CT molecular complexity index is 599. The molecule has 1 aromatic rings. The van der Waals surface area contributed by atoms with Gasteiger partial charge in [-0.15, -0.1) is 0 Å². The summed E-state index contributed by atoms with van der Waals surface area (Å²) in [6.07, 6.45) is 2.00. The fourth-order valence-corrected chi connectivity index (χ4v) is 3.14. The van der Waals surface area contributed by atoms with Crippen molar-refractivity contribution in [2.75, 3.05) is 6.54 Å². The van der Waals surface area contributed by atoms with E-state index < -0.39 is 5.60 Å². The zero-order valence-corrected chi connectivity index (χ0v) is 17.1. The van der Waals surface area contributed by atoms with E-state index in [2.05, 4.69) is 33.5 Å². The summed E-state index contributed by atoms with van der Waals surface area (Å²) in [6, 6.07) is 5.91. The van der Waals surface area contributed by atoms with Gasteiger partial charge in [-0.2, -0.15) is 0 Å². The molecule has 1 amide bonds. The molecule has 0 spiro atoms. The van der Waals surface area contributed by atoms with Crippen LogP contribution in [0.25, 0.3) is 0 Å². The molecule has 1 aliphatic rings. The highest BCUT2D eigenvalue weighted by atomic mass is 79.9. The zero-order chi connectivity index (χ0) is 18.0. The second kappa shape index (κ2) is 7.63. The molecular formula is C18H26BrClN2O2. The first-order valence-electron chi connectivity index (χ1n) is 8.25. The molecular weight excluding hydrogens is 392 g/mol. The molecule has 1 unspecified atom stereocenters. The quantitative estimate of drug-likeness (QED) is 0.693. The van der Waals surface area contributed by atoms with Gasteiger partial charge in [0.25, 0.3) is 0 Å². The van der Waals surface area contributed by atoms with Gasteiger partial charge in [0.15, 0.2) is 0 Å². The van der Waals surface area contributed by atoms with Crippen molar-refractivity contribution in [2.45, 2.75) is 58.2 Å². The molecule has 0 heterocycles. The Labute approximate surface area is 157 Å². The summed E-state index contributed by atoms with van der Waals surface area (Å²) in [5.74, 6) is 0.572. The zero-order valence-electron chi connectivity index (χ0n) is 14.7. The third-order valence-electron chi connectivity index (χ3n) is 4.16. The van der Waals surface area contributed by atoms with Crippen LogP contribution < -0.4 is 10.6 Å². The van der Waals surface area contributed by atoms with Gasteiger partial charge in [-0.05, 0) is 80.1 Å². The maximum atomic E-state index is 11.9. The van der Waals surface area contributed by atoms with Crippen LogP contribution in [0.3, 0.4) is 0 Å². The highest BCUT2D eigenvalue weighted by Crippen LogP contribution is 2.39. The molecule has 2 N–H and O–H groups in total. The van der Waals surface area contributed by atoms with Gasteiger partial charge in [0.05, 0.1) is 5.02 Å². The number of rotatable bonds is 6. The van der Waals surface area contributed by atoms with Crippen LogP contribution in [0.5, 0.6) is 0 Å². The second-order valence-electron chi connectivity index (χ2n) is 7.65. The monoisotopic (exact) mass is 416 g/mol. The van der Waals surface area contributed by atoms with Crippen LogP contribution in [-0.2, 0) is 11.3 Å². The van der Waals surface area contributed by atoms with Gasteiger partial charge in [-0.3, -0.25) is 0 Å². The number of carbonyl (C=O) groups is 1. The normalized spacial score (nSPS) is 17.2. The van der Waals surface area contributed by atoms with Crippen LogP contribution in [0.4, 0.5) is 4.79 Å². The van der Waals surface area contributed by atoms with Crippen LogP contribution >= 0.6 is 27.5 Å². The second-order valence-corrected chi connectivity index (χ2v) is 8.91. The van der Waals surface area contributed by atoms with E-state index in [-0.39, 0.29) is 11.6 Å². The van der Waals surface area contributed by atoms with Gasteiger partial charge in [0.2, 0.25) is 0 Å². The van der Waals surface area contributed by atoms with Gasteiger partial charge >= 0.3 is 6.09 Å². The van der Waals surface area contributed by atoms with Crippen molar-refractivity contribution in [3.05, 3.63) is 33.3 Å². The average Bonchev–Trinajstić information content (AvgIpc) is 3.30. The maximum Gasteiger partial charge on any atom is 0.407 e. The van der Waals surface area contributed by atoms with Crippen molar-refractivity contribution >= 4 is 33.6 Å². The first kappa shape index (κ1) is 19.5. The molecule has 1 aromatic carbocycles. The van der Waals surface area contributed by atoms with E-state index in [9.17, 15) is 4.79 Å². The van der Waals surface area contributed by atoms with E-state index in [4.69, 9.17) is 16.3 Å². The summed E-state index contributed by atoms with van der Waals surface area (Å²) < 4.78 is 6.22. The minimum atomic E-state index is -0.483. The molecule has 1 aliphatic carbocycles. The lowest BCUT2D eigenvalue weighted by Crippen LogP contribution is -2.53. The first-order valence-corrected chi connectivity index (χ1v) is 9.42. The first-order chi connectivity index (χ1) is 11.1. The largest absolute Gasteiger partial charge is 0.444 e. The van der Waals surface area contributed by atoms with Crippen LogP contribution in [0.15, 0.2) is 22.7 Å². The number of halogens is 2. The molecule has 0 aliphatic heterocycles.